The molecule has 1 heterocycles. The van der Waals surface area contributed by atoms with E-state index in [9.17, 15) is 9.59 Å². The van der Waals surface area contributed by atoms with Gasteiger partial charge in [-0.25, -0.2) is 0 Å². The minimum atomic E-state index is -0.246. The Kier molecular flexibility index (Phi) is 5.41. The third kappa shape index (κ3) is 4.34. The number of nitrogens with one attached hydrogen (secondary N) is 1. The average molecular weight is 242 g/mol. The molecule has 1 saturated heterocycles. The maximum absolute atomic E-state index is 11.7. The molecule has 1 unspecified atom stereocenters. The smallest absolute Gasteiger partial charge is 0.323 e. The number of methoxy groups -OCH3 is 1. The predicted molar refractivity (Wildman–Crippen MR) is 64.5 cm³/mol. The second-order valence-corrected chi connectivity index (χ2v) is 4.85. The van der Waals surface area contributed by atoms with Gasteiger partial charge in [-0.1, -0.05) is 13.8 Å². The Bertz CT molecular complexity index is 279. The highest BCUT2D eigenvalue weighted by atomic mass is 16.5. The van der Waals surface area contributed by atoms with E-state index in [4.69, 9.17) is 4.74 Å². The third-order valence-corrected chi connectivity index (χ3v) is 2.89. The van der Waals surface area contributed by atoms with Crippen LogP contribution >= 0.6 is 0 Å². The Morgan fingerprint density at radius 2 is 2.18 bits per heavy atom. The number of likely N-dealkylation sites (tertiary alicyclic amines) is 1. The quantitative estimate of drug-likeness (QED) is 0.709. The van der Waals surface area contributed by atoms with E-state index in [2.05, 4.69) is 5.32 Å². The average Bonchev–Trinajstić information content (AvgIpc) is 2.73. The Balaban J connectivity index is 2.39. The molecule has 1 aliphatic rings. The van der Waals surface area contributed by atoms with Crippen LogP contribution in [0, 0.1) is 5.92 Å². The monoisotopic (exact) mass is 242 g/mol. The lowest BCUT2D eigenvalue weighted by Gasteiger charge is -2.21. The summed E-state index contributed by atoms with van der Waals surface area (Å²) < 4.78 is 4.73. The zero-order chi connectivity index (χ0) is 12.8. The summed E-state index contributed by atoms with van der Waals surface area (Å²) >= 11 is 0. The Morgan fingerprint density at radius 1 is 1.47 bits per heavy atom. The maximum atomic E-state index is 11.7. The van der Waals surface area contributed by atoms with E-state index in [0.717, 1.165) is 19.4 Å². The molecule has 0 spiro atoms. The number of hydrogen-bond donors (Lipinski definition) is 1. The molecule has 0 aromatic carbocycles. The molecule has 0 bridgehead atoms. The molecule has 1 aliphatic heterocycles. The summed E-state index contributed by atoms with van der Waals surface area (Å²) in [7, 11) is 1.39. The number of nitrogens with zero attached hydrogens (tertiary/aromatic N) is 1. The van der Waals surface area contributed by atoms with Crippen LogP contribution in [0.3, 0.4) is 0 Å². The molecular weight excluding hydrogens is 220 g/mol. The molecule has 0 aromatic heterocycles. The standard InChI is InChI=1S/C12H22N2O3/c1-9(2)7-13-11(15)8-14-6-4-5-10(14)12(16)17-3/h9-10H,4-8H2,1-3H3,(H,13,15). The van der Waals surface area contributed by atoms with Crippen molar-refractivity contribution in [1.29, 1.82) is 0 Å². The van der Waals surface area contributed by atoms with Gasteiger partial charge in [-0.05, 0) is 25.3 Å². The zero-order valence-electron chi connectivity index (χ0n) is 10.9. The Labute approximate surface area is 102 Å². The Morgan fingerprint density at radius 3 is 2.76 bits per heavy atom. The topological polar surface area (TPSA) is 58.6 Å². The molecule has 98 valence electrons. The molecular formula is C12H22N2O3. The van der Waals surface area contributed by atoms with Gasteiger partial charge < -0.3 is 10.1 Å². The first kappa shape index (κ1) is 14.0. The second-order valence-electron chi connectivity index (χ2n) is 4.85. The minimum absolute atomic E-state index is 0.0190. The van der Waals surface area contributed by atoms with Crippen LogP contribution in [0.5, 0.6) is 0 Å². The van der Waals surface area contributed by atoms with Gasteiger partial charge in [-0.3, -0.25) is 14.5 Å². The molecule has 0 aliphatic carbocycles. The fourth-order valence-electron chi connectivity index (χ4n) is 1.98. The maximum Gasteiger partial charge on any atom is 0.323 e. The van der Waals surface area contributed by atoms with Gasteiger partial charge in [-0.15, -0.1) is 0 Å². The summed E-state index contributed by atoms with van der Waals surface area (Å²) in [6.45, 7) is 5.84. The van der Waals surface area contributed by atoms with Crippen molar-refractivity contribution < 1.29 is 14.3 Å². The van der Waals surface area contributed by atoms with Crippen LogP contribution in [0.2, 0.25) is 0 Å². The first-order chi connectivity index (χ1) is 8.04. The zero-order valence-corrected chi connectivity index (χ0v) is 10.9. The number of carbonyl (C=O) groups is 2. The van der Waals surface area contributed by atoms with Crippen molar-refractivity contribution in [2.45, 2.75) is 32.7 Å². The summed E-state index contributed by atoms with van der Waals surface area (Å²) in [6, 6.07) is -0.246. The van der Waals surface area contributed by atoms with Gasteiger partial charge >= 0.3 is 5.97 Å². The number of ether oxygens (including phenoxy) is 1. The van der Waals surface area contributed by atoms with Crippen LogP contribution in [-0.4, -0.2) is 49.6 Å². The summed E-state index contributed by atoms with van der Waals surface area (Å²) in [5.74, 6) is 0.183. The van der Waals surface area contributed by atoms with E-state index in [-0.39, 0.29) is 24.5 Å². The van der Waals surface area contributed by atoms with E-state index in [0.29, 0.717) is 12.5 Å². The van der Waals surface area contributed by atoms with E-state index in [1.165, 1.54) is 7.11 Å². The van der Waals surface area contributed by atoms with Gasteiger partial charge in [0.25, 0.3) is 0 Å². The molecule has 1 amide bonds. The highest BCUT2D eigenvalue weighted by molar-refractivity contribution is 5.80. The van der Waals surface area contributed by atoms with E-state index < -0.39 is 0 Å². The van der Waals surface area contributed by atoms with Crippen molar-refractivity contribution in [3.63, 3.8) is 0 Å². The minimum Gasteiger partial charge on any atom is -0.468 e. The third-order valence-electron chi connectivity index (χ3n) is 2.89. The van der Waals surface area contributed by atoms with Gasteiger partial charge in [0.1, 0.15) is 6.04 Å². The van der Waals surface area contributed by atoms with Crippen molar-refractivity contribution >= 4 is 11.9 Å². The van der Waals surface area contributed by atoms with Crippen molar-refractivity contribution in [2.75, 3.05) is 26.7 Å². The second kappa shape index (κ2) is 6.59. The van der Waals surface area contributed by atoms with Gasteiger partial charge in [0.15, 0.2) is 0 Å². The van der Waals surface area contributed by atoms with Crippen molar-refractivity contribution in [2.24, 2.45) is 5.92 Å². The molecule has 0 saturated carbocycles. The highest BCUT2D eigenvalue weighted by Crippen LogP contribution is 2.17. The molecule has 17 heavy (non-hydrogen) atoms. The van der Waals surface area contributed by atoms with Crippen LogP contribution in [0.4, 0.5) is 0 Å². The molecule has 1 fully saturated rings. The van der Waals surface area contributed by atoms with E-state index in [1.54, 1.807) is 0 Å². The largest absolute Gasteiger partial charge is 0.468 e. The summed E-state index contributed by atoms with van der Waals surface area (Å²) in [5, 5.41) is 2.85. The molecule has 0 aromatic rings. The van der Waals surface area contributed by atoms with E-state index >= 15 is 0 Å². The van der Waals surface area contributed by atoms with Crippen molar-refractivity contribution in [3.8, 4) is 0 Å². The first-order valence-corrected chi connectivity index (χ1v) is 6.13. The number of amides is 1. The Hall–Kier alpha value is -1.10. The molecule has 5 heteroatoms. The fraction of sp³-hybridized carbons (Fsp3) is 0.833. The van der Waals surface area contributed by atoms with E-state index in [1.807, 2.05) is 18.7 Å². The van der Waals surface area contributed by atoms with Crippen LogP contribution < -0.4 is 5.32 Å². The summed E-state index contributed by atoms with van der Waals surface area (Å²) in [6.07, 6.45) is 1.72. The van der Waals surface area contributed by atoms with Crippen LogP contribution in [0.25, 0.3) is 0 Å². The first-order valence-electron chi connectivity index (χ1n) is 6.13. The molecule has 0 radical (unpaired) electrons. The summed E-state index contributed by atoms with van der Waals surface area (Å²) in [4.78, 5) is 25.0. The van der Waals surface area contributed by atoms with Crippen molar-refractivity contribution in [3.05, 3.63) is 0 Å². The molecule has 1 atom stereocenters. The van der Waals surface area contributed by atoms with Crippen LogP contribution in [0.1, 0.15) is 26.7 Å². The lowest BCUT2D eigenvalue weighted by atomic mass is 10.2. The summed E-state index contributed by atoms with van der Waals surface area (Å²) in [5.41, 5.74) is 0. The van der Waals surface area contributed by atoms with Gasteiger partial charge in [0.05, 0.1) is 13.7 Å². The lowest BCUT2D eigenvalue weighted by molar-refractivity contribution is -0.146. The van der Waals surface area contributed by atoms with Gasteiger partial charge in [-0.2, -0.15) is 0 Å². The predicted octanol–water partition coefficient (Wildman–Crippen LogP) is 0.396. The fourth-order valence-corrected chi connectivity index (χ4v) is 1.98. The van der Waals surface area contributed by atoms with Crippen molar-refractivity contribution in [1.82, 2.24) is 10.2 Å². The normalized spacial score (nSPS) is 20.6. The number of esters is 1. The SMILES string of the molecule is COC(=O)C1CCCN1CC(=O)NCC(C)C. The number of hydrogen-bond acceptors (Lipinski definition) is 4. The lowest BCUT2D eigenvalue weighted by Crippen LogP contribution is -2.44. The van der Waals surface area contributed by atoms with Crippen LogP contribution in [0.15, 0.2) is 0 Å². The highest BCUT2D eigenvalue weighted by Gasteiger charge is 2.32. The van der Waals surface area contributed by atoms with Crippen LogP contribution in [-0.2, 0) is 14.3 Å². The number of rotatable bonds is 5. The van der Waals surface area contributed by atoms with Gasteiger partial charge in [0.2, 0.25) is 5.91 Å². The van der Waals surface area contributed by atoms with Gasteiger partial charge in [0, 0.05) is 6.54 Å². The number of carbonyl (C=O) groups excluding carboxylic acids is 2. The molecule has 1 rings (SSSR count). The molecule has 5 nitrogen and oxygen atoms in total. The molecule has 1 N–H and O–H groups in total.